The van der Waals surface area contributed by atoms with Crippen molar-refractivity contribution in [3.8, 4) is 5.75 Å². The van der Waals surface area contributed by atoms with Crippen LogP contribution in [-0.4, -0.2) is 42.9 Å². The quantitative estimate of drug-likeness (QED) is 0.266. The van der Waals surface area contributed by atoms with Crippen molar-refractivity contribution in [2.24, 2.45) is 11.3 Å². The Labute approximate surface area is 272 Å². The van der Waals surface area contributed by atoms with Crippen LogP contribution in [0, 0.1) is 17.2 Å². The largest absolute Gasteiger partial charge is 0.489 e. The van der Waals surface area contributed by atoms with Gasteiger partial charge in [0.15, 0.2) is 9.84 Å². The second kappa shape index (κ2) is 11.9. The monoisotopic (exact) mass is 673 g/mol. The molecule has 0 unspecified atom stereocenters. The number of ether oxygens (including phenoxy) is 1. The number of likely N-dealkylation sites (tertiary alicyclic amines) is 1. The summed E-state index contributed by atoms with van der Waals surface area (Å²) in [7, 11) is -4.12. The molecule has 3 aromatic carbocycles. The molecule has 1 saturated carbocycles. The highest BCUT2D eigenvalue weighted by atomic mass is 35.5. The number of amides is 1. The van der Waals surface area contributed by atoms with E-state index in [0.717, 1.165) is 17.7 Å². The van der Waals surface area contributed by atoms with Gasteiger partial charge in [-0.3, -0.25) is 9.59 Å². The second-order valence-electron chi connectivity index (χ2n) is 12.7. The predicted octanol–water partition coefficient (Wildman–Crippen LogP) is 7.21. The molecule has 7 nitrogen and oxygen atoms in total. The van der Waals surface area contributed by atoms with Crippen LogP contribution in [0.1, 0.15) is 62.1 Å². The van der Waals surface area contributed by atoms with Crippen molar-refractivity contribution in [1.29, 1.82) is 0 Å². The zero-order valence-electron chi connectivity index (χ0n) is 24.8. The maximum atomic E-state index is 14.7. The summed E-state index contributed by atoms with van der Waals surface area (Å²) in [5.74, 6) is -1.45. The molecule has 3 aromatic rings. The number of aliphatic carboxylic acids is 1. The predicted molar refractivity (Wildman–Crippen MR) is 169 cm³/mol. The normalized spacial score (nSPS) is 26.2. The van der Waals surface area contributed by atoms with Gasteiger partial charge in [0.2, 0.25) is 5.91 Å². The maximum Gasteiger partial charge on any atom is 0.306 e. The van der Waals surface area contributed by atoms with Gasteiger partial charge >= 0.3 is 5.97 Å². The molecule has 1 saturated heterocycles. The van der Waals surface area contributed by atoms with E-state index >= 15 is 0 Å². The molecule has 2 fully saturated rings. The number of halogens is 3. The summed E-state index contributed by atoms with van der Waals surface area (Å²) in [5, 5.41) is 10.5. The van der Waals surface area contributed by atoms with Crippen molar-refractivity contribution in [2.75, 3.05) is 6.54 Å². The number of hydrogen-bond donors (Lipinski definition) is 1. The first-order chi connectivity index (χ1) is 21.4. The van der Waals surface area contributed by atoms with Crippen LogP contribution in [0.15, 0.2) is 65.6 Å². The van der Waals surface area contributed by atoms with Crippen molar-refractivity contribution in [1.82, 2.24) is 4.90 Å². The highest BCUT2D eigenvalue weighted by Gasteiger charge is 2.62. The molecular formula is C34H34Cl2FNO6S. The molecule has 238 valence electrons. The average molecular weight is 675 g/mol. The Bertz CT molecular complexity index is 1760. The number of carboxylic acid groups (broad SMARTS) is 1. The Balaban J connectivity index is 1.36. The van der Waals surface area contributed by atoms with Gasteiger partial charge in [0.05, 0.1) is 16.9 Å². The van der Waals surface area contributed by atoms with E-state index in [1.54, 1.807) is 35.2 Å². The number of hydrogen-bond acceptors (Lipinski definition) is 5. The molecule has 11 heteroatoms. The van der Waals surface area contributed by atoms with Gasteiger partial charge in [0, 0.05) is 27.6 Å². The van der Waals surface area contributed by atoms with Crippen molar-refractivity contribution in [2.45, 2.75) is 74.2 Å². The van der Waals surface area contributed by atoms with Gasteiger partial charge < -0.3 is 14.7 Å². The summed E-state index contributed by atoms with van der Waals surface area (Å²) in [4.78, 5) is 27.5. The number of nitrogens with zero attached hydrogens (tertiary/aromatic N) is 1. The van der Waals surface area contributed by atoms with E-state index in [1.165, 1.54) is 12.1 Å². The number of aryl methyl sites for hydroxylation is 1. The number of rotatable bonds is 7. The molecule has 3 aliphatic rings. The minimum absolute atomic E-state index is 0.000141. The van der Waals surface area contributed by atoms with E-state index in [0.29, 0.717) is 65.4 Å². The van der Waals surface area contributed by atoms with Crippen LogP contribution < -0.4 is 4.74 Å². The minimum Gasteiger partial charge on any atom is -0.489 e. The van der Waals surface area contributed by atoms with E-state index in [-0.39, 0.29) is 30.4 Å². The Morgan fingerprint density at radius 2 is 1.71 bits per heavy atom. The number of carboxylic acids is 1. The summed E-state index contributed by atoms with van der Waals surface area (Å²) in [5.41, 5.74) is 1.37. The van der Waals surface area contributed by atoms with Crippen LogP contribution in [0.3, 0.4) is 0 Å². The Kier molecular flexibility index (Phi) is 8.42. The minimum atomic E-state index is -4.12. The Hall–Kier alpha value is -3.14. The van der Waals surface area contributed by atoms with Crippen molar-refractivity contribution < 1.29 is 32.2 Å². The molecule has 2 atom stereocenters. The fourth-order valence-corrected chi connectivity index (χ4v) is 10.3. The summed E-state index contributed by atoms with van der Waals surface area (Å²) in [6.07, 6.45) is 2.79. The zero-order chi connectivity index (χ0) is 32.1. The molecule has 1 heterocycles. The number of benzene rings is 3. The third kappa shape index (κ3) is 5.51. The van der Waals surface area contributed by atoms with Crippen molar-refractivity contribution >= 4 is 44.9 Å². The standard InChI is InChI=1S/C34H34Cl2FNO6S/c1-33(14-12-21(13-15-33)31(39)40)32(41)38-17-16-34(45(42,43)27-7-4-25(37)5-8-27)28-9-6-26(19-22(28)2-11-30(34)38)44-20-23-18-24(35)3-10-29(23)36/h3-10,18-19,21,30H,2,11-17,20H2,1H3,(H,39,40)/t21?,30-,33?,34-/m1/s1. The van der Waals surface area contributed by atoms with Gasteiger partial charge in [0.1, 0.15) is 22.9 Å². The zero-order valence-corrected chi connectivity index (χ0v) is 27.1. The van der Waals surface area contributed by atoms with Gasteiger partial charge in [-0.1, -0.05) is 36.2 Å². The Morgan fingerprint density at radius 3 is 2.40 bits per heavy atom. The molecule has 1 aliphatic heterocycles. The van der Waals surface area contributed by atoms with Gasteiger partial charge in [0.25, 0.3) is 0 Å². The lowest BCUT2D eigenvalue weighted by Gasteiger charge is -2.45. The van der Waals surface area contributed by atoms with Crippen LogP contribution in [0.5, 0.6) is 5.75 Å². The fraction of sp³-hybridized carbons (Fsp3) is 0.412. The maximum absolute atomic E-state index is 14.7. The van der Waals surface area contributed by atoms with E-state index in [1.807, 2.05) is 13.0 Å². The molecular weight excluding hydrogens is 640 g/mol. The van der Waals surface area contributed by atoms with E-state index in [4.69, 9.17) is 27.9 Å². The van der Waals surface area contributed by atoms with E-state index in [9.17, 15) is 27.5 Å². The average Bonchev–Trinajstić information content (AvgIpc) is 3.43. The Morgan fingerprint density at radius 1 is 1.00 bits per heavy atom. The summed E-state index contributed by atoms with van der Waals surface area (Å²) < 4.78 is 47.9. The van der Waals surface area contributed by atoms with Crippen LogP contribution in [-0.2, 0) is 37.2 Å². The van der Waals surface area contributed by atoms with E-state index < -0.39 is 43.7 Å². The SMILES string of the molecule is CC1(C(=O)N2CC[C@@]3(S(=O)(=O)c4ccc(F)cc4)c4ccc(OCc5cc(Cl)ccc5Cl)cc4CC[C@@H]23)CCC(C(=O)O)CC1. The molecule has 0 spiro atoms. The summed E-state index contributed by atoms with van der Waals surface area (Å²) >= 11 is 12.4. The smallest absolute Gasteiger partial charge is 0.306 e. The summed E-state index contributed by atoms with van der Waals surface area (Å²) in [6.45, 7) is 2.28. The molecule has 0 radical (unpaired) electrons. The van der Waals surface area contributed by atoms with Gasteiger partial charge in [-0.25, -0.2) is 12.8 Å². The number of fused-ring (bicyclic) bond motifs is 3. The molecule has 2 aliphatic carbocycles. The highest BCUT2D eigenvalue weighted by molar-refractivity contribution is 7.92. The van der Waals surface area contributed by atoms with Crippen LogP contribution in [0.4, 0.5) is 4.39 Å². The van der Waals surface area contributed by atoms with Crippen molar-refractivity contribution in [3.63, 3.8) is 0 Å². The van der Waals surface area contributed by atoms with Gasteiger partial charge in [-0.05, 0) is 111 Å². The molecule has 0 bridgehead atoms. The lowest BCUT2D eigenvalue weighted by molar-refractivity contribution is -0.150. The summed E-state index contributed by atoms with van der Waals surface area (Å²) in [6, 6.07) is 14.7. The van der Waals surface area contributed by atoms with Crippen LogP contribution >= 0.6 is 23.2 Å². The van der Waals surface area contributed by atoms with Gasteiger partial charge in [-0.15, -0.1) is 0 Å². The van der Waals surface area contributed by atoms with Crippen molar-refractivity contribution in [3.05, 3.63) is 93.2 Å². The van der Waals surface area contributed by atoms with E-state index in [2.05, 4.69) is 0 Å². The highest BCUT2D eigenvalue weighted by Crippen LogP contribution is 2.54. The van der Waals surface area contributed by atoms with Crippen LogP contribution in [0.2, 0.25) is 10.0 Å². The lowest BCUT2D eigenvalue weighted by Crippen LogP contribution is -2.55. The first kappa shape index (κ1) is 31.8. The third-order valence-corrected chi connectivity index (χ3v) is 13.2. The molecule has 45 heavy (non-hydrogen) atoms. The number of sulfone groups is 1. The first-order valence-corrected chi connectivity index (χ1v) is 17.3. The fourth-order valence-electron chi connectivity index (χ4n) is 7.54. The molecule has 1 N–H and O–H groups in total. The molecule has 0 aromatic heterocycles. The number of carbonyl (C=O) groups excluding carboxylic acids is 1. The first-order valence-electron chi connectivity index (χ1n) is 15.1. The topological polar surface area (TPSA) is 101 Å². The van der Waals surface area contributed by atoms with Gasteiger partial charge in [-0.2, -0.15) is 0 Å². The third-order valence-electron chi connectivity index (χ3n) is 10.1. The molecule has 6 rings (SSSR count). The number of carbonyl (C=O) groups is 2. The van der Waals surface area contributed by atoms with Crippen LogP contribution in [0.25, 0.3) is 0 Å². The molecule has 1 amide bonds. The lowest BCUT2D eigenvalue weighted by atomic mass is 9.70. The second-order valence-corrected chi connectivity index (χ2v) is 15.7.